The molecule has 3 aromatic carbocycles. The predicted molar refractivity (Wildman–Crippen MR) is 152 cm³/mol. The number of aromatic nitrogens is 1. The molecule has 0 radical (unpaired) electrons. The number of carbonyl (C=O) groups excluding carboxylic acids is 1. The lowest BCUT2D eigenvalue weighted by Gasteiger charge is -2.27. The average molecular weight is 637 g/mol. The van der Waals surface area contributed by atoms with E-state index in [-0.39, 0.29) is 31.1 Å². The fourth-order valence-electron chi connectivity index (χ4n) is 4.45. The molecule has 0 atom stereocenters. The molecule has 1 N–H and O–H groups in total. The van der Waals surface area contributed by atoms with Crippen LogP contribution in [-0.4, -0.2) is 48.1 Å². The first-order valence-corrected chi connectivity index (χ1v) is 15.0. The van der Waals surface area contributed by atoms with Crippen LogP contribution in [0.5, 0.6) is 0 Å². The van der Waals surface area contributed by atoms with Crippen molar-refractivity contribution in [3.63, 3.8) is 0 Å². The van der Waals surface area contributed by atoms with E-state index in [1.165, 1.54) is 29.2 Å². The second-order valence-corrected chi connectivity index (χ2v) is 12.3. The number of para-hydroxylation sites is 1. The Morgan fingerprint density at radius 3 is 2.27 bits per heavy atom. The molecule has 0 fully saturated rings. The van der Waals surface area contributed by atoms with Crippen LogP contribution in [0.25, 0.3) is 10.9 Å². The minimum Gasteiger partial charge on any atom is -0.361 e. The first kappa shape index (κ1) is 29.8. The van der Waals surface area contributed by atoms with E-state index in [2.05, 4.69) is 20.9 Å². The molecule has 0 saturated carbocycles. The van der Waals surface area contributed by atoms with Crippen LogP contribution in [0.3, 0.4) is 0 Å². The van der Waals surface area contributed by atoms with E-state index in [4.69, 9.17) is 0 Å². The van der Waals surface area contributed by atoms with Gasteiger partial charge in [-0.25, -0.2) is 8.42 Å². The third-order valence-corrected chi connectivity index (χ3v) is 8.96. The van der Waals surface area contributed by atoms with Gasteiger partial charge in [-0.3, -0.25) is 4.79 Å². The largest absolute Gasteiger partial charge is 0.416 e. The molecule has 11 heteroatoms. The molecule has 0 saturated heterocycles. The third kappa shape index (κ3) is 7.13. The summed E-state index contributed by atoms with van der Waals surface area (Å²) in [6.45, 7) is 1.87. The van der Waals surface area contributed by atoms with Gasteiger partial charge in [0.2, 0.25) is 15.9 Å². The van der Waals surface area contributed by atoms with Crippen LogP contribution in [0.1, 0.15) is 30.0 Å². The monoisotopic (exact) mass is 635 g/mol. The molecule has 4 aromatic rings. The molecular formula is C29H29BrF3N3O3S. The van der Waals surface area contributed by atoms with E-state index >= 15 is 0 Å². The summed E-state index contributed by atoms with van der Waals surface area (Å²) < 4.78 is 67.9. The summed E-state index contributed by atoms with van der Waals surface area (Å²) in [5, 5.41) is 1.01. The maximum Gasteiger partial charge on any atom is 0.416 e. The molecule has 0 spiro atoms. The van der Waals surface area contributed by atoms with Crippen molar-refractivity contribution >= 4 is 42.8 Å². The van der Waals surface area contributed by atoms with Crippen LogP contribution in [0.15, 0.2) is 88.4 Å². The van der Waals surface area contributed by atoms with Crippen molar-refractivity contribution in [1.82, 2.24) is 14.2 Å². The average Bonchev–Trinajstić information content (AvgIpc) is 3.34. The number of alkyl halides is 3. The van der Waals surface area contributed by atoms with Crippen LogP contribution in [0, 0.1) is 0 Å². The van der Waals surface area contributed by atoms with Crippen molar-refractivity contribution in [2.24, 2.45) is 0 Å². The first-order valence-electron chi connectivity index (χ1n) is 12.7. The number of hydrogen-bond donors (Lipinski definition) is 1. The van der Waals surface area contributed by atoms with E-state index in [9.17, 15) is 26.4 Å². The Kier molecular flexibility index (Phi) is 9.37. The second-order valence-electron chi connectivity index (χ2n) is 9.41. The number of fused-ring (bicyclic) bond motifs is 1. The van der Waals surface area contributed by atoms with Gasteiger partial charge in [0.05, 0.1) is 17.0 Å². The molecule has 0 aliphatic carbocycles. The molecule has 1 heterocycles. The highest BCUT2D eigenvalue weighted by Crippen LogP contribution is 2.29. The predicted octanol–water partition coefficient (Wildman–Crippen LogP) is 6.62. The number of nitrogens with one attached hydrogen (secondary N) is 1. The zero-order valence-electron chi connectivity index (χ0n) is 21.8. The number of H-pyrrole nitrogens is 1. The molecule has 0 unspecified atom stereocenters. The van der Waals surface area contributed by atoms with Crippen LogP contribution >= 0.6 is 15.9 Å². The molecule has 0 bridgehead atoms. The van der Waals surface area contributed by atoms with Gasteiger partial charge in [-0.1, -0.05) is 53.2 Å². The summed E-state index contributed by atoms with van der Waals surface area (Å²) in [4.78, 5) is 18.4. The van der Waals surface area contributed by atoms with Gasteiger partial charge in [0.25, 0.3) is 0 Å². The van der Waals surface area contributed by atoms with Crippen molar-refractivity contribution in [3.05, 3.63) is 100 Å². The van der Waals surface area contributed by atoms with Crippen LogP contribution < -0.4 is 0 Å². The quantitative estimate of drug-likeness (QED) is 0.201. The van der Waals surface area contributed by atoms with E-state index in [0.717, 1.165) is 37.4 Å². The minimum absolute atomic E-state index is 0.0393. The maximum absolute atomic E-state index is 13.6. The summed E-state index contributed by atoms with van der Waals surface area (Å²) in [7, 11) is -3.96. The normalized spacial score (nSPS) is 12.2. The van der Waals surface area contributed by atoms with Gasteiger partial charge in [-0.2, -0.15) is 17.5 Å². The lowest BCUT2D eigenvalue weighted by Crippen LogP contribution is -2.43. The first-order chi connectivity index (χ1) is 19.0. The Balaban J connectivity index is 1.59. The number of halogens is 4. The van der Waals surface area contributed by atoms with E-state index in [1.54, 1.807) is 12.1 Å². The standard InChI is InChI=1S/C29H29BrF3N3O3S/c1-2-16-36(40(38,39)25-13-11-24(30)12-14-25)20-28(37)35(19-21-7-9-23(10-8-21)29(31,32)33)17-15-22-18-34-27-6-4-3-5-26(22)27/h3-14,18,34H,2,15-17,19-20H2,1H3. The Hall–Kier alpha value is -3.15. The number of rotatable bonds is 11. The lowest BCUT2D eigenvalue weighted by atomic mass is 10.1. The summed E-state index contributed by atoms with van der Waals surface area (Å²) >= 11 is 3.30. The number of aromatic amines is 1. The van der Waals surface area contributed by atoms with Gasteiger partial charge in [-0.05, 0) is 66.4 Å². The third-order valence-electron chi connectivity index (χ3n) is 6.57. The fraction of sp³-hybridized carbons (Fsp3) is 0.276. The van der Waals surface area contributed by atoms with Gasteiger partial charge in [0.15, 0.2) is 0 Å². The number of nitrogens with zero attached hydrogens (tertiary/aromatic N) is 2. The molecule has 212 valence electrons. The van der Waals surface area contributed by atoms with Crippen LogP contribution in [0.4, 0.5) is 13.2 Å². The van der Waals surface area contributed by atoms with Gasteiger partial charge in [0.1, 0.15) is 0 Å². The zero-order chi connectivity index (χ0) is 28.9. The number of sulfonamides is 1. The number of benzene rings is 3. The van der Waals surface area contributed by atoms with Gasteiger partial charge in [0, 0.05) is 41.2 Å². The Labute approximate surface area is 240 Å². The molecule has 1 amide bonds. The number of amides is 1. The highest BCUT2D eigenvalue weighted by Gasteiger charge is 2.31. The van der Waals surface area contributed by atoms with Crippen LogP contribution in [-0.2, 0) is 34.0 Å². The number of carbonyl (C=O) groups is 1. The molecule has 40 heavy (non-hydrogen) atoms. The summed E-state index contributed by atoms with van der Waals surface area (Å²) in [6.07, 6.45) is -1.63. The fourth-order valence-corrected chi connectivity index (χ4v) is 6.19. The summed E-state index contributed by atoms with van der Waals surface area (Å²) in [6, 6.07) is 18.6. The van der Waals surface area contributed by atoms with Crippen molar-refractivity contribution in [1.29, 1.82) is 0 Å². The maximum atomic E-state index is 13.6. The van der Waals surface area contributed by atoms with Gasteiger partial charge in [-0.15, -0.1) is 0 Å². The van der Waals surface area contributed by atoms with Crippen molar-refractivity contribution in [2.75, 3.05) is 19.6 Å². The highest BCUT2D eigenvalue weighted by molar-refractivity contribution is 9.10. The lowest BCUT2D eigenvalue weighted by molar-refractivity contribution is -0.137. The molecule has 6 nitrogen and oxygen atoms in total. The smallest absolute Gasteiger partial charge is 0.361 e. The van der Waals surface area contributed by atoms with Gasteiger partial charge < -0.3 is 9.88 Å². The SMILES string of the molecule is CCCN(CC(=O)N(CCc1c[nH]c2ccccc12)Cc1ccc(C(F)(F)F)cc1)S(=O)(=O)c1ccc(Br)cc1. The van der Waals surface area contributed by atoms with Crippen molar-refractivity contribution < 1.29 is 26.4 Å². The van der Waals surface area contributed by atoms with Gasteiger partial charge >= 0.3 is 6.18 Å². The van der Waals surface area contributed by atoms with E-state index < -0.39 is 27.7 Å². The number of hydrogen-bond acceptors (Lipinski definition) is 3. The zero-order valence-corrected chi connectivity index (χ0v) is 24.2. The molecule has 0 aliphatic heterocycles. The van der Waals surface area contributed by atoms with Crippen molar-refractivity contribution in [2.45, 2.75) is 37.4 Å². The highest BCUT2D eigenvalue weighted by atomic mass is 79.9. The Morgan fingerprint density at radius 2 is 1.62 bits per heavy atom. The second kappa shape index (κ2) is 12.6. The van der Waals surface area contributed by atoms with Crippen LogP contribution in [0.2, 0.25) is 0 Å². The Bertz CT molecular complexity index is 1550. The molecular weight excluding hydrogens is 607 g/mol. The summed E-state index contributed by atoms with van der Waals surface area (Å²) in [5.74, 6) is -0.436. The van der Waals surface area contributed by atoms with E-state index in [0.29, 0.717) is 18.4 Å². The van der Waals surface area contributed by atoms with Crippen molar-refractivity contribution in [3.8, 4) is 0 Å². The Morgan fingerprint density at radius 1 is 0.950 bits per heavy atom. The topological polar surface area (TPSA) is 73.5 Å². The molecule has 1 aromatic heterocycles. The van der Waals surface area contributed by atoms with E-state index in [1.807, 2.05) is 37.4 Å². The summed E-state index contributed by atoms with van der Waals surface area (Å²) in [5.41, 5.74) is 1.67. The molecule has 4 rings (SSSR count). The minimum atomic E-state index is -4.47. The molecule has 0 aliphatic rings.